The summed E-state index contributed by atoms with van der Waals surface area (Å²) < 4.78 is 40.7. The number of aryl methyl sites for hydroxylation is 1. The highest BCUT2D eigenvalue weighted by Gasteiger charge is 2.34. The van der Waals surface area contributed by atoms with Gasteiger partial charge in [0.2, 0.25) is 5.91 Å². The highest BCUT2D eigenvalue weighted by atomic mass is 19.4. The van der Waals surface area contributed by atoms with Crippen LogP contribution in [-0.4, -0.2) is 28.4 Å². The molecule has 1 fully saturated rings. The molecule has 1 N–H and O–H groups in total. The fraction of sp³-hybridized carbons (Fsp3) is 0.417. The number of hydrogen-bond donors (Lipinski definition) is 1. The predicted octanol–water partition coefficient (Wildman–Crippen LogP) is 5.63. The molecule has 0 aliphatic heterocycles. The van der Waals surface area contributed by atoms with Crippen molar-refractivity contribution in [3.63, 3.8) is 0 Å². The van der Waals surface area contributed by atoms with Gasteiger partial charge >= 0.3 is 12.1 Å². The van der Waals surface area contributed by atoms with Gasteiger partial charge in [0, 0.05) is 19.0 Å². The number of nitrogens with zero attached hydrogens (tertiary/aromatic N) is 1. The first-order valence-corrected chi connectivity index (χ1v) is 10.3. The number of hydrogen-bond acceptors (Lipinski definition) is 2. The van der Waals surface area contributed by atoms with E-state index in [2.05, 4.69) is 0 Å². The third-order valence-corrected chi connectivity index (χ3v) is 5.71. The van der Waals surface area contributed by atoms with Crippen molar-refractivity contribution in [2.75, 3.05) is 6.54 Å². The molecule has 166 valence electrons. The molecule has 1 aliphatic rings. The Morgan fingerprint density at radius 1 is 1.16 bits per heavy atom. The predicted molar refractivity (Wildman–Crippen MR) is 111 cm³/mol. The van der Waals surface area contributed by atoms with Crippen molar-refractivity contribution < 1.29 is 27.9 Å². The van der Waals surface area contributed by atoms with Crippen LogP contribution in [0, 0.1) is 12.8 Å². The zero-order valence-corrected chi connectivity index (χ0v) is 17.8. The number of carboxylic acid groups (broad SMARTS) is 1. The molecule has 7 heteroatoms. The molecule has 0 saturated heterocycles. The Labute approximate surface area is 179 Å². The Hall–Kier alpha value is -2.83. The molecule has 1 aliphatic carbocycles. The zero-order valence-electron chi connectivity index (χ0n) is 17.8. The Morgan fingerprint density at radius 2 is 1.84 bits per heavy atom. The van der Waals surface area contributed by atoms with E-state index in [4.69, 9.17) is 0 Å². The quantitative estimate of drug-likeness (QED) is 0.616. The molecule has 0 bridgehead atoms. The van der Waals surface area contributed by atoms with Crippen molar-refractivity contribution in [1.29, 1.82) is 0 Å². The van der Waals surface area contributed by atoms with Crippen LogP contribution in [0.5, 0.6) is 0 Å². The van der Waals surface area contributed by atoms with Gasteiger partial charge in [0.1, 0.15) is 0 Å². The first-order chi connectivity index (χ1) is 14.5. The molecule has 1 unspecified atom stereocenters. The first kappa shape index (κ1) is 22.8. The maximum Gasteiger partial charge on any atom is 0.416 e. The van der Waals surface area contributed by atoms with Gasteiger partial charge in [-0.05, 0) is 68.0 Å². The number of carbonyl (C=O) groups excluding carboxylic acids is 1. The number of halogens is 3. The van der Waals surface area contributed by atoms with Crippen LogP contribution in [0.3, 0.4) is 0 Å². The van der Waals surface area contributed by atoms with E-state index in [-0.39, 0.29) is 17.4 Å². The standard InChI is InChI=1S/C24H26F3NO3/c1-4-28(22(29)16-6-7-16)13-19-9-14(2)5-8-21(19)18-10-17(15(3)23(30)31)11-20(12-18)24(25,26)27/h5,8-12,15-16H,4,6-7,13H2,1-3H3,(H,30,31). The van der Waals surface area contributed by atoms with Crippen LogP contribution in [0.15, 0.2) is 36.4 Å². The molecule has 0 aromatic heterocycles. The Balaban J connectivity index is 2.10. The second kappa shape index (κ2) is 8.73. The van der Waals surface area contributed by atoms with Gasteiger partial charge in [-0.2, -0.15) is 13.2 Å². The number of benzene rings is 2. The first-order valence-electron chi connectivity index (χ1n) is 10.3. The van der Waals surface area contributed by atoms with Crippen molar-refractivity contribution >= 4 is 11.9 Å². The lowest BCUT2D eigenvalue weighted by Gasteiger charge is -2.23. The molecule has 3 rings (SSSR count). The number of rotatable bonds is 7. The average molecular weight is 433 g/mol. The monoisotopic (exact) mass is 433 g/mol. The summed E-state index contributed by atoms with van der Waals surface area (Å²) in [6, 6.07) is 8.86. The largest absolute Gasteiger partial charge is 0.481 e. The van der Waals surface area contributed by atoms with Gasteiger partial charge in [-0.15, -0.1) is 0 Å². The normalized spacial score (nSPS) is 14.9. The van der Waals surface area contributed by atoms with Crippen LogP contribution in [0.2, 0.25) is 0 Å². The summed E-state index contributed by atoms with van der Waals surface area (Å²) in [6.07, 6.45) is -2.86. The second-order valence-electron chi connectivity index (χ2n) is 8.19. The van der Waals surface area contributed by atoms with Gasteiger partial charge in [0.25, 0.3) is 0 Å². The minimum atomic E-state index is -4.61. The summed E-state index contributed by atoms with van der Waals surface area (Å²) in [5.41, 5.74) is 1.73. The topological polar surface area (TPSA) is 57.6 Å². The molecule has 1 atom stereocenters. The molecular weight excluding hydrogens is 407 g/mol. The summed E-state index contributed by atoms with van der Waals surface area (Å²) in [4.78, 5) is 25.7. The summed E-state index contributed by atoms with van der Waals surface area (Å²) in [5.74, 6) is -2.16. The van der Waals surface area contributed by atoms with E-state index in [0.29, 0.717) is 24.2 Å². The molecule has 0 radical (unpaired) electrons. The van der Waals surface area contributed by atoms with Crippen LogP contribution in [0.4, 0.5) is 13.2 Å². The van der Waals surface area contributed by atoms with Crippen LogP contribution in [0.25, 0.3) is 11.1 Å². The van der Waals surface area contributed by atoms with Crippen LogP contribution >= 0.6 is 0 Å². The average Bonchev–Trinajstić information content (AvgIpc) is 3.55. The molecule has 2 aromatic carbocycles. The van der Waals surface area contributed by atoms with Crippen molar-refractivity contribution in [3.05, 3.63) is 58.7 Å². The van der Waals surface area contributed by atoms with Crippen molar-refractivity contribution in [1.82, 2.24) is 4.90 Å². The van der Waals surface area contributed by atoms with Gasteiger partial charge in [0.05, 0.1) is 11.5 Å². The molecule has 1 amide bonds. The van der Waals surface area contributed by atoms with Crippen molar-refractivity contribution in [2.24, 2.45) is 5.92 Å². The molecular formula is C24H26F3NO3. The van der Waals surface area contributed by atoms with E-state index in [1.54, 1.807) is 17.0 Å². The summed E-state index contributed by atoms with van der Waals surface area (Å²) >= 11 is 0. The Morgan fingerprint density at radius 3 is 2.39 bits per heavy atom. The molecule has 0 spiro atoms. The number of carbonyl (C=O) groups is 2. The Bertz CT molecular complexity index is 996. The number of alkyl halides is 3. The summed E-state index contributed by atoms with van der Waals surface area (Å²) in [5, 5.41) is 9.33. The maximum atomic E-state index is 13.6. The van der Waals surface area contributed by atoms with E-state index < -0.39 is 23.6 Å². The molecule has 1 saturated carbocycles. The van der Waals surface area contributed by atoms with Crippen molar-refractivity contribution in [2.45, 2.75) is 52.3 Å². The highest BCUT2D eigenvalue weighted by molar-refractivity contribution is 5.81. The van der Waals surface area contributed by atoms with Crippen molar-refractivity contribution in [3.8, 4) is 11.1 Å². The minimum Gasteiger partial charge on any atom is -0.481 e. The molecule has 2 aromatic rings. The maximum absolute atomic E-state index is 13.6. The van der Waals surface area contributed by atoms with Gasteiger partial charge < -0.3 is 10.0 Å². The lowest BCUT2D eigenvalue weighted by molar-refractivity contribution is -0.139. The van der Waals surface area contributed by atoms with E-state index in [1.807, 2.05) is 19.9 Å². The summed E-state index contributed by atoms with van der Waals surface area (Å²) in [6.45, 7) is 5.93. The van der Waals surface area contributed by atoms with Crippen LogP contribution in [-0.2, 0) is 22.3 Å². The molecule has 0 heterocycles. The second-order valence-corrected chi connectivity index (χ2v) is 8.19. The van der Waals surface area contributed by atoms with E-state index in [1.165, 1.54) is 13.0 Å². The fourth-order valence-electron chi connectivity index (χ4n) is 3.64. The fourth-order valence-corrected chi connectivity index (χ4v) is 3.64. The van der Waals surface area contributed by atoms with E-state index >= 15 is 0 Å². The van der Waals surface area contributed by atoms with Crippen LogP contribution in [0.1, 0.15) is 54.9 Å². The molecule has 4 nitrogen and oxygen atoms in total. The number of amides is 1. The smallest absolute Gasteiger partial charge is 0.416 e. The SMILES string of the molecule is CCN(Cc1cc(C)ccc1-c1cc(C(C)C(=O)O)cc(C(F)(F)F)c1)C(=O)C1CC1. The van der Waals surface area contributed by atoms with E-state index in [0.717, 1.165) is 36.1 Å². The third kappa shape index (κ3) is 5.27. The zero-order chi connectivity index (χ0) is 22.9. The number of aliphatic carboxylic acids is 1. The minimum absolute atomic E-state index is 0.0461. The van der Waals surface area contributed by atoms with Gasteiger partial charge in [-0.1, -0.05) is 29.8 Å². The highest BCUT2D eigenvalue weighted by Crippen LogP contribution is 2.37. The van der Waals surface area contributed by atoms with E-state index in [9.17, 15) is 27.9 Å². The lowest BCUT2D eigenvalue weighted by atomic mass is 9.91. The number of carboxylic acids is 1. The summed E-state index contributed by atoms with van der Waals surface area (Å²) in [7, 11) is 0. The molecule has 31 heavy (non-hydrogen) atoms. The van der Waals surface area contributed by atoms with Gasteiger partial charge in [0.15, 0.2) is 0 Å². The lowest BCUT2D eigenvalue weighted by Crippen LogP contribution is -2.31. The Kier molecular flexibility index (Phi) is 6.43. The van der Waals surface area contributed by atoms with Gasteiger partial charge in [-0.3, -0.25) is 9.59 Å². The van der Waals surface area contributed by atoms with Gasteiger partial charge in [-0.25, -0.2) is 0 Å². The third-order valence-electron chi connectivity index (χ3n) is 5.71. The van der Waals surface area contributed by atoms with Crippen LogP contribution < -0.4 is 0 Å².